The second-order valence-electron chi connectivity index (χ2n) is 7.22. The van der Waals surface area contributed by atoms with Crippen molar-refractivity contribution in [2.45, 2.75) is 76.9 Å². The summed E-state index contributed by atoms with van der Waals surface area (Å²) in [7, 11) is 0. The Hall–Kier alpha value is -1.69. The first-order chi connectivity index (χ1) is 12.1. The van der Waals surface area contributed by atoms with Gasteiger partial charge in [0, 0.05) is 4.88 Å². The zero-order chi connectivity index (χ0) is 17.4. The molecule has 0 bridgehead atoms. The molecule has 134 valence electrons. The summed E-state index contributed by atoms with van der Waals surface area (Å²) in [5.74, 6) is -0.320. The number of carbonyl (C=O) groups excluding carboxylic acids is 1. The Morgan fingerprint density at radius 3 is 2.80 bits per heavy atom. The highest BCUT2D eigenvalue weighted by Gasteiger charge is 2.26. The molecule has 0 spiro atoms. The third-order valence-electron chi connectivity index (χ3n) is 5.49. The van der Waals surface area contributed by atoms with E-state index >= 15 is 0 Å². The molecule has 2 aliphatic rings. The number of ether oxygens (including phenoxy) is 1. The largest absolute Gasteiger partial charge is 0.461 e. The van der Waals surface area contributed by atoms with E-state index in [9.17, 15) is 9.59 Å². The van der Waals surface area contributed by atoms with Crippen molar-refractivity contribution < 1.29 is 9.53 Å². The van der Waals surface area contributed by atoms with E-state index in [1.54, 1.807) is 18.3 Å². The summed E-state index contributed by atoms with van der Waals surface area (Å²) in [5, 5.41) is 0.722. The van der Waals surface area contributed by atoms with Crippen molar-refractivity contribution in [1.82, 2.24) is 9.55 Å². The number of aryl methyl sites for hydroxylation is 2. The van der Waals surface area contributed by atoms with Gasteiger partial charge in [0.1, 0.15) is 17.0 Å². The lowest BCUT2D eigenvalue weighted by molar-refractivity contribution is -0.154. The molecule has 2 aromatic heterocycles. The van der Waals surface area contributed by atoms with Crippen molar-refractivity contribution in [2.75, 3.05) is 0 Å². The van der Waals surface area contributed by atoms with Crippen molar-refractivity contribution in [3.05, 3.63) is 27.1 Å². The summed E-state index contributed by atoms with van der Waals surface area (Å²) >= 11 is 1.63. The van der Waals surface area contributed by atoms with Gasteiger partial charge in [-0.3, -0.25) is 9.36 Å². The van der Waals surface area contributed by atoms with Crippen LogP contribution in [-0.2, 0) is 22.4 Å². The number of nitrogens with zero attached hydrogens (tertiary/aromatic N) is 2. The molecule has 2 aliphatic carbocycles. The Labute approximate surface area is 151 Å². The average molecular weight is 360 g/mol. The predicted molar refractivity (Wildman–Crippen MR) is 98.2 cm³/mol. The van der Waals surface area contributed by atoms with Gasteiger partial charge in [-0.25, -0.2) is 9.78 Å². The number of fused-ring (bicyclic) bond motifs is 3. The Morgan fingerprint density at radius 2 is 2.00 bits per heavy atom. The number of hydrogen-bond acceptors (Lipinski definition) is 5. The molecule has 0 radical (unpaired) electrons. The van der Waals surface area contributed by atoms with Gasteiger partial charge in [0.15, 0.2) is 0 Å². The van der Waals surface area contributed by atoms with Gasteiger partial charge >= 0.3 is 5.97 Å². The average Bonchev–Trinajstić information content (AvgIpc) is 3.01. The van der Waals surface area contributed by atoms with E-state index in [2.05, 4.69) is 4.98 Å². The fraction of sp³-hybridized carbons (Fsp3) is 0.632. The molecule has 6 heteroatoms. The van der Waals surface area contributed by atoms with Crippen LogP contribution < -0.4 is 5.56 Å². The van der Waals surface area contributed by atoms with Gasteiger partial charge < -0.3 is 4.74 Å². The van der Waals surface area contributed by atoms with Crippen LogP contribution in [-0.4, -0.2) is 21.6 Å². The third kappa shape index (κ3) is 3.12. The van der Waals surface area contributed by atoms with Crippen molar-refractivity contribution in [1.29, 1.82) is 0 Å². The maximum atomic E-state index is 13.0. The molecule has 1 fully saturated rings. The van der Waals surface area contributed by atoms with Gasteiger partial charge in [-0.1, -0.05) is 6.42 Å². The number of carbonyl (C=O) groups is 1. The Morgan fingerprint density at radius 1 is 1.24 bits per heavy atom. The summed E-state index contributed by atoms with van der Waals surface area (Å²) in [6.45, 7) is 1.74. The molecular weight excluding hydrogens is 336 g/mol. The van der Waals surface area contributed by atoms with E-state index in [1.807, 2.05) is 0 Å². The van der Waals surface area contributed by atoms with Crippen LogP contribution in [0.2, 0.25) is 0 Å². The van der Waals surface area contributed by atoms with Crippen LogP contribution in [0.3, 0.4) is 0 Å². The predicted octanol–water partition coefficient (Wildman–Crippen LogP) is 3.77. The Bertz CT molecular complexity index is 848. The smallest absolute Gasteiger partial charge is 0.329 e. The van der Waals surface area contributed by atoms with Crippen molar-refractivity contribution in [2.24, 2.45) is 0 Å². The summed E-state index contributed by atoms with van der Waals surface area (Å²) in [5.41, 5.74) is 1.06. The first kappa shape index (κ1) is 16.8. The normalized spacial score (nSPS) is 19.6. The minimum absolute atomic E-state index is 0.00463. The first-order valence-corrected chi connectivity index (χ1v) is 10.2. The second kappa shape index (κ2) is 6.90. The highest BCUT2D eigenvalue weighted by Crippen LogP contribution is 2.33. The van der Waals surface area contributed by atoms with Crippen LogP contribution >= 0.6 is 11.3 Å². The molecule has 2 aromatic rings. The minimum atomic E-state index is -0.634. The third-order valence-corrected chi connectivity index (χ3v) is 6.69. The fourth-order valence-corrected chi connectivity index (χ4v) is 5.21. The second-order valence-corrected chi connectivity index (χ2v) is 8.30. The summed E-state index contributed by atoms with van der Waals surface area (Å²) in [4.78, 5) is 32.1. The number of thiophene rings is 1. The van der Waals surface area contributed by atoms with Crippen LogP contribution in [0, 0.1) is 0 Å². The van der Waals surface area contributed by atoms with Crippen LogP contribution in [0.5, 0.6) is 0 Å². The molecule has 0 aromatic carbocycles. The molecule has 1 atom stereocenters. The molecule has 0 saturated heterocycles. The Kier molecular flexibility index (Phi) is 4.63. The van der Waals surface area contributed by atoms with Crippen LogP contribution in [0.25, 0.3) is 10.2 Å². The van der Waals surface area contributed by atoms with Crippen LogP contribution in [0.4, 0.5) is 0 Å². The molecule has 1 saturated carbocycles. The molecule has 2 heterocycles. The van der Waals surface area contributed by atoms with Crippen LogP contribution in [0.15, 0.2) is 11.1 Å². The topological polar surface area (TPSA) is 61.2 Å². The summed E-state index contributed by atoms with van der Waals surface area (Å²) in [6, 6.07) is -0.634. The maximum absolute atomic E-state index is 13.0. The lowest BCUT2D eigenvalue weighted by Crippen LogP contribution is -2.32. The zero-order valence-electron chi connectivity index (χ0n) is 14.6. The van der Waals surface area contributed by atoms with Gasteiger partial charge in [-0.15, -0.1) is 11.3 Å². The Balaban J connectivity index is 1.63. The number of hydrogen-bond donors (Lipinski definition) is 0. The number of aromatic nitrogens is 2. The summed E-state index contributed by atoms with van der Waals surface area (Å²) in [6.07, 6.45) is 11.1. The van der Waals surface area contributed by atoms with E-state index in [0.717, 1.165) is 60.7 Å². The summed E-state index contributed by atoms with van der Waals surface area (Å²) < 4.78 is 7.10. The van der Waals surface area contributed by atoms with Crippen LogP contribution in [0.1, 0.15) is 68.4 Å². The van der Waals surface area contributed by atoms with Gasteiger partial charge in [-0.05, 0) is 63.9 Å². The van der Waals surface area contributed by atoms with Crippen molar-refractivity contribution in [3.63, 3.8) is 0 Å². The standard InChI is InChI=1S/C19H24N2O3S/c1-12(19(23)24-13-7-3-2-4-8-13)21-11-20-17-16(18(21)22)14-9-5-6-10-15(14)25-17/h11-13H,2-10H2,1H3/t12-/m1/s1. The number of esters is 1. The minimum Gasteiger partial charge on any atom is -0.461 e. The molecule has 0 N–H and O–H groups in total. The van der Waals surface area contributed by atoms with Crippen molar-refractivity contribution in [3.8, 4) is 0 Å². The molecule has 0 aliphatic heterocycles. The van der Waals surface area contributed by atoms with Gasteiger partial charge in [0.2, 0.25) is 0 Å². The highest BCUT2D eigenvalue weighted by molar-refractivity contribution is 7.18. The fourth-order valence-electron chi connectivity index (χ4n) is 3.99. The van der Waals surface area contributed by atoms with Gasteiger partial charge in [0.25, 0.3) is 5.56 Å². The van der Waals surface area contributed by atoms with Gasteiger partial charge in [-0.2, -0.15) is 0 Å². The molecular formula is C19H24N2O3S. The maximum Gasteiger partial charge on any atom is 0.329 e. The monoisotopic (exact) mass is 360 g/mol. The first-order valence-electron chi connectivity index (χ1n) is 9.37. The SMILES string of the molecule is C[C@H](C(=O)OC1CCCCC1)n1cnc2sc3c(c2c1=O)CCCC3. The quantitative estimate of drug-likeness (QED) is 0.782. The van der Waals surface area contributed by atoms with E-state index < -0.39 is 6.04 Å². The zero-order valence-corrected chi connectivity index (χ0v) is 15.4. The molecule has 5 nitrogen and oxygen atoms in total. The van der Waals surface area contributed by atoms with E-state index in [1.165, 1.54) is 28.6 Å². The van der Waals surface area contributed by atoms with E-state index in [0.29, 0.717) is 0 Å². The van der Waals surface area contributed by atoms with Gasteiger partial charge in [0.05, 0.1) is 11.7 Å². The molecule has 0 amide bonds. The number of rotatable bonds is 3. The lowest BCUT2D eigenvalue weighted by atomic mass is 9.97. The molecule has 25 heavy (non-hydrogen) atoms. The lowest BCUT2D eigenvalue weighted by Gasteiger charge is -2.24. The highest BCUT2D eigenvalue weighted by atomic mass is 32.1. The molecule has 0 unspecified atom stereocenters. The van der Waals surface area contributed by atoms with E-state index in [-0.39, 0.29) is 17.6 Å². The van der Waals surface area contributed by atoms with E-state index in [4.69, 9.17) is 4.74 Å². The van der Waals surface area contributed by atoms with Crippen molar-refractivity contribution >= 4 is 27.5 Å². The molecule has 4 rings (SSSR count).